The molecule has 0 atom stereocenters. The SMILES string of the molecule is CC(C)C(=O)Nc1ccc2nc(N3CCN(CC(=O)N(C)C)CC3)cc(C(=O)O)c2c1. The van der Waals surface area contributed by atoms with Gasteiger partial charge < -0.3 is 20.2 Å². The van der Waals surface area contributed by atoms with Gasteiger partial charge in [-0.3, -0.25) is 14.5 Å². The van der Waals surface area contributed by atoms with Crippen molar-refractivity contribution < 1.29 is 19.5 Å². The molecule has 31 heavy (non-hydrogen) atoms. The van der Waals surface area contributed by atoms with Crippen molar-refractivity contribution in [2.24, 2.45) is 5.92 Å². The Hall–Kier alpha value is -3.20. The van der Waals surface area contributed by atoms with E-state index in [0.29, 0.717) is 55.1 Å². The van der Waals surface area contributed by atoms with Gasteiger partial charge in [0, 0.05) is 57.3 Å². The van der Waals surface area contributed by atoms with Crippen molar-refractivity contribution >= 4 is 40.2 Å². The van der Waals surface area contributed by atoms with Crippen molar-refractivity contribution in [3.8, 4) is 0 Å². The van der Waals surface area contributed by atoms with Crippen LogP contribution < -0.4 is 10.2 Å². The zero-order valence-electron chi connectivity index (χ0n) is 18.4. The molecule has 0 radical (unpaired) electrons. The Morgan fingerprint density at radius 3 is 2.39 bits per heavy atom. The first-order chi connectivity index (χ1) is 14.7. The Kier molecular flexibility index (Phi) is 6.74. The highest BCUT2D eigenvalue weighted by Gasteiger charge is 2.22. The Balaban J connectivity index is 1.82. The number of piperazine rings is 1. The third-order valence-electron chi connectivity index (χ3n) is 5.37. The number of aromatic nitrogens is 1. The van der Waals surface area contributed by atoms with Gasteiger partial charge in [0.15, 0.2) is 0 Å². The number of amides is 2. The predicted molar refractivity (Wildman–Crippen MR) is 120 cm³/mol. The van der Waals surface area contributed by atoms with Gasteiger partial charge in [-0.1, -0.05) is 13.8 Å². The average molecular weight is 428 g/mol. The molecule has 0 aliphatic carbocycles. The lowest BCUT2D eigenvalue weighted by atomic mass is 10.1. The molecule has 1 saturated heterocycles. The summed E-state index contributed by atoms with van der Waals surface area (Å²) in [6, 6.07) is 6.70. The van der Waals surface area contributed by atoms with Gasteiger partial charge in [-0.15, -0.1) is 0 Å². The van der Waals surface area contributed by atoms with E-state index in [9.17, 15) is 19.5 Å². The second kappa shape index (κ2) is 9.30. The van der Waals surface area contributed by atoms with Crippen LogP contribution in [-0.2, 0) is 9.59 Å². The van der Waals surface area contributed by atoms with Gasteiger partial charge >= 0.3 is 5.97 Å². The fraction of sp³-hybridized carbons (Fsp3) is 0.455. The Morgan fingerprint density at radius 2 is 1.81 bits per heavy atom. The van der Waals surface area contributed by atoms with Gasteiger partial charge in [0.25, 0.3) is 0 Å². The molecule has 2 aromatic rings. The molecule has 2 heterocycles. The van der Waals surface area contributed by atoms with E-state index >= 15 is 0 Å². The van der Waals surface area contributed by atoms with Crippen LogP contribution in [-0.4, -0.2) is 84.5 Å². The standard InChI is InChI=1S/C22H29N5O4/c1-14(2)21(29)23-15-5-6-18-16(11-15)17(22(30)31)12-19(24-18)27-9-7-26(8-10-27)13-20(28)25(3)4/h5-6,11-12,14H,7-10,13H2,1-4H3,(H,23,29)(H,30,31). The number of carboxylic acids is 1. The molecule has 0 saturated carbocycles. The molecule has 166 valence electrons. The number of nitrogens with one attached hydrogen (secondary N) is 1. The smallest absolute Gasteiger partial charge is 0.336 e. The highest BCUT2D eigenvalue weighted by Crippen LogP contribution is 2.27. The highest BCUT2D eigenvalue weighted by molar-refractivity contribution is 6.05. The van der Waals surface area contributed by atoms with Gasteiger partial charge in [-0.25, -0.2) is 9.78 Å². The number of fused-ring (bicyclic) bond motifs is 1. The molecule has 0 bridgehead atoms. The second-order valence-electron chi connectivity index (χ2n) is 8.26. The van der Waals surface area contributed by atoms with E-state index in [4.69, 9.17) is 0 Å². The molecule has 1 aromatic heterocycles. The van der Waals surface area contributed by atoms with Gasteiger partial charge in [0.05, 0.1) is 17.6 Å². The Morgan fingerprint density at radius 1 is 1.13 bits per heavy atom. The van der Waals surface area contributed by atoms with Crippen LogP contribution in [0.25, 0.3) is 10.9 Å². The molecule has 1 aliphatic heterocycles. The van der Waals surface area contributed by atoms with E-state index in [1.54, 1.807) is 57.1 Å². The summed E-state index contributed by atoms with van der Waals surface area (Å²) in [5, 5.41) is 13.1. The number of aromatic carboxylic acids is 1. The van der Waals surface area contributed by atoms with E-state index < -0.39 is 5.97 Å². The first-order valence-corrected chi connectivity index (χ1v) is 10.3. The van der Waals surface area contributed by atoms with Crippen molar-refractivity contribution in [3.05, 3.63) is 29.8 Å². The first-order valence-electron chi connectivity index (χ1n) is 10.3. The largest absolute Gasteiger partial charge is 0.478 e. The van der Waals surface area contributed by atoms with Crippen molar-refractivity contribution in [1.82, 2.24) is 14.8 Å². The van der Waals surface area contributed by atoms with E-state index in [1.165, 1.54) is 0 Å². The van der Waals surface area contributed by atoms with E-state index in [2.05, 4.69) is 15.2 Å². The topological polar surface area (TPSA) is 106 Å². The van der Waals surface area contributed by atoms with E-state index in [1.807, 2.05) is 4.90 Å². The van der Waals surface area contributed by atoms with Crippen molar-refractivity contribution in [2.45, 2.75) is 13.8 Å². The molecule has 3 rings (SSSR count). The number of hydrogen-bond donors (Lipinski definition) is 2. The van der Waals surface area contributed by atoms with Gasteiger partial charge in [-0.05, 0) is 24.3 Å². The fourth-order valence-electron chi connectivity index (χ4n) is 3.38. The maximum absolute atomic E-state index is 12.0. The molecule has 2 N–H and O–H groups in total. The quantitative estimate of drug-likeness (QED) is 0.723. The summed E-state index contributed by atoms with van der Waals surface area (Å²) in [5.41, 5.74) is 1.25. The summed E-state index contributed by atoms with van der Waals surface area (Å²) in [6.45, 7) is 6.66. The van der Waals surface area contributed by atoms with Crippen LogP contribution in [0.4, 0.5) is 11.5 Å². The summed E-state index contributed by atoms with van der Waals surface area (Å²) in [5.74, 6) is -0.697. The summed E-state index contributed by atoms with van der Waals surface area (Å²) in [6.07, 6.45) is 0. The Bertz CT molecular complexity index is 997. The minimum absolute atomic E-state index is 0.0609. The molecule has 0 unspecified atom stereocenters. The monoisotopic (exact) mass is 427 g/mol. The molecule has 1 aromatic carbocycles. The number of anilines is 2. The predicted octanol–water partition coefficient (Wildman–Crippen LogP) is 1.74. The number of rotatable bonds is 6. The Labute approximate surface area is 181 Å². The van der Waals surface area contributed by atoms with Crippen LogP contribution in [0.1, 0.15) is 24.2 Å². The average Bonchev–Trinajstić information content (AvgIpc) is 2.73. The molecule has 9 heteroatoms. The third-order valence-corrected chi connectivity index (χ3v) is 5.37. The molecule has 2 amide bonds. The number of carbonyl (C=O) groups excluding carboxylic acids is 2. The summed E-state index contributed by atoms with van der Waals surface area (Å²) in [4.78, 5) is 46.2. The van der Waals surface area contributed by atoms with Crippen LogP contribution >= 0.6 is 0 Å². The number of pyridine rings is 1. The number of likely N-dealkylation sites (N-methyl/N-ethyl adjacent to an activating group) is 1. The lowest BCUT2D eigenvalue weighted by Crippen LogP contribution is -2.49. The summed E-state index contributed by atoms with van der Waals surface area (Å²) >= 11 is 0. The second-order valence-corrected chi connectivity index (χ2v) is 8.26. The zero-order chi connectivity index (χ0) is 22.7. The van der Waals surface area contributed by atoms with Gasteiger partial charge in [0.1, 0.15) is 5.82 Å². The molecular weight excluding hydrogens is 398 g/mol. The van der Waals surface area contributed by atoms with Crippen LogP contribution in [0.5, 0.6) is 0 Å². The van der Waals surface area contributed by atoms with Crippen LogP contribution in [0.2, 0.25) is 0 Å². The first kappa shape index (κ1) is 22.5. The van der Waals surface area contributed by atoms with Crippen molar-refractivity contribution in [2.75, 3.05) is 57.0 Å². The lowest BCUT2D eigenvalue weighted by molar-refractivity contribution is -0.130. The highest BCUT2D eigenvalue weighted by atomic mass is 16.4. The number of hydrogen-bond acceptors (Lipinski definition) is 6. The number of benzene rings is 1. The molecule has 0 spiro atoms. The molecule has 9 nitrogen and oxygen atoms in total. The third kappa shape index (κ3) is 5.29. The van der Waals surface area contributed by atoms with Crippen LogP contribution in [0.15, 0.2) is 24.3 Å². The van der Waals surface area contributed by atoms with Crippen molar-refractivity contribution in [3.63, 3.8) is 0 Å². The fourth-order valence-corrected chi connectivity index (χ4v) is 3.38. The number of carboxylic acid groups (broad SMARTS) is 1. The number of carbonyl (C=O) groups is 3. The van der Waals surface area contributed by atoms with Gasteiger partial charge in [-0.2, -0.15) is 0 Å². The summed E-state index contributed by atoms with van der Waals surface area (Å²) < 4.78 is 0. The maximum atomic E-state index is 12.0. The van der Waals surface area contributed by atoms with Crippen LogP contribution in [0, 0.1) is 5.92 Å². The molecular formula is C22H29N5O4. The molecule has 1 aliphatic rings. The minimum atomic E-state index is -1.05. The zero-order valence-corrected chi connectivity index (χ0v) is 18.4. The van der Waals surface area contributed by atoms with E-state index in [0.717, 1.165) is 0 Å². The van der Waals surface area contributed by atoms with Crippen LogP contribution in [0.3, 0.4) is 0 Å². The number of nitrogens with zero attached hydrogens (tertiary/aromatic N) is 4. The lowest BCUT2D eigenvalue weighted by Gasteiger charge is -2.35. The summed E-state index contributed by atoms with van der Waals surface area (Å²) in [7, 11) is 3.48. The van der Waals surface area contributed by atoms with E-state index in [-0.39, 0.29) is 23.3 Å². The normalized spacial score (nSPS) is 14.7. The van der Waals surface area contributed by atoms with Gasteiger partial charge in [0.2, 0.25) is 11.8 Å². The maximum Gasteiger partial charge on any atom is 0.336 e. The molecule has 1 fully saturated rings. The minimum Gasteiger partial charge on any atom is -0.478 e. The van der Waals surface area contributed by atoms with Crippen molar-refractivity contribution in [1.29, 1.82) is 0 Å².